The molecule has 3 N–H and O–H groups in total. The molecule has 3 fully saturated rings. The first-order chi connectivity index (χ1) is 20.1. The van der Waals surface area contributed by atoms with Crippen LogP contribution in [0, 0.1) is 5.41 Å². The lowest BCUT2D eigenvalue weighted by Crippen LogP contribution is -2.40. The van der Waals surface area contributed by atoms with Gasteiger partial charge in [0, 0.05) is 44.6 Å². The van der Waals surface area contributed by atoms with Crippen LogP contribution in [-0.4, -0.2) is 75.5 Å². The Labute approximate surface area is 244 Å². The Morgan fingerprint density at radius 3 is 2.43 bits per heavy atom. The van der Waals surface area contributed by atoms with Crippen molar-refractivity contribution in [1.29, 1.82) is 0 Å². The number of anilines is 4. The van der Waals surface area contributed by atoms with Crippen molar-refractivity contribution in [3.05, 3.63) is 35.5 Å². The fourth-order valence-corrected chi connectivity index (χ4v) is 6.95. The quantitative estimate of drug-likeness (QED) is 0.413. The van der Waals surface area contributed by atoms with E-state index in [0.29, 0.717) is 47.1 Å². The molecule has 42 heavy (non-hydrogen) atoms. The summed E-state index contributed by atoms with van der Waals surface area (Å²) in [6.45, 7) is 1.82. The van der Waals surface area contributed by atoms with Crippen LogP contribution in [0.1, 0.15) is 61.0 Å². The molecule has 4 aliphatic rings. The molecule has 1 aliphatic carbocycles. The topological polar surface area (TPSA) is 124 Å². The molecule has 1 aromatic heterocycles. The van der Waals surface area contributed by atoms with Crippen LogP contribution in [0.5, 0.6) is 5.75 Å². The number of nitrogens with zero attached hydrogens (tertiary/aromatic N) is 3. The number of aromatic nitrogens is 1. The number of ether oxygens (including phenoxy) is 1. The van der Waals surface area contributed by atoms with Crippen LogP contribution in [0.15, 0.2) is 24.3 Å². The highest BCUT2D eigenvalue weighted by Gasteiger charge is 2.44. The van der Waals surface area contributed by atoms with E-state index in [2.05, 4.69) is 19.9 Å². The van der Waals surface area contributed by atoms with Gasteiger partial charge in [-0.1, -0.05) is 0 Å². The van der Waals surface area contributed by atoms with E-state index in [9.17, 15) is 22.0 Å². The Balaban J connectivity index is 1.29. The smallest absolute Gasteiger partial charge is 0.274 e. The van der Waals surface area contributed by atoms with E-state index in [4.69, 9.17) is 9.84 Å². The zero-order valence-corrected chi connectivity index (χ0v) is 24.3. The van der Waals surface area contributed by atoms with Crippen LogP contribution in [-0.2, 0) is 16.4 Å². The summed E-state index contributed by atoms with van der Waals surface area (Å²) in [5, 5.41) is 12.1. The Morgan fingerprint density at radius 1 is 1.02 bits per heavy atom. The number of amides is 1. The molecule has 4 heterocycles. The summed E-state index contributed by atoms with van der Waals surface area (Å²) in [5.41, 5.74) is 2.98. The number of aliphatic hydroxyl groups is 1. The number of aryl methyl sites for hydroxylation is 1. The van der Waals surface area contributed by atoms with Crippen LogP contribution in [0.2, 0.25) is 0 Å². The average Bonchev–Trinajstić information content (AvgIpc) is 3.72. The molecule has 1 spiro atoms. The van der Waals surface area contributed by atoms with Crippen LogP contribution < -0.4 is 24.6 Å². The number of nitrogens with one attached hydrogen (secondary N) is 2. The molecule has 2 saturated heterocycles. The van der Waals surface area contributed by atoms with Crippen molar-refractivity contribution in [3.8, 4) is 5.75 Å². The fraction of sp³-hybridized carbons (Fsp3) is 0.586. The number of rotatable bonds is 8. The molecule has 2 aromatic rings. The largest absolute Gasteiger partial charge is 0.489 e. The Hall–Kier alpha value is -3.19. The molecule has 3 aliphatic heterocycles. The summed E-state index contributed by atoms with van der Waals surface area (Å²) < 4.78 is 60.8. The van der Waals surface area contributed by atoms with Gasteiger partial charge in [0.25, 0.3) is 11.8 Å². The number of pyridine rings is 1. The molecule has 0 radical (unpaired) electrons. The Kier molecular flexibility index (Phi) is 7.67. The third-order valence-corrected chi connectivity index (χ3v) is 10.2. The van der Waals surface area contributed by atoms with Crippen molar-refractivity contribution in [1.82, 2.24) is 4.98 Å². The number of aliphatic hydroxyl groups excluding tert-OH is 1. The van der Waals surface area contributed by atoms with Crippen LogP contribution in [0.3, 0.4) is 0 Å². The molecular formula is C29H37F2N5O5S. The van der Waals surface area contributed by atoms with E-state index in [1.807, 2.05) is 0 Å². The first-order valence-corrected chi connectivity index (χ1v) is 16.3. The maximum absolute atomic E-state index is 13.9. The number of carbonyl (C=O) groups excluding carboxylic acids is 1. The monoisotopic (exact) mass is 605 g/mol. The van der Waals surface area contributed by atoms with Crippen molar-refractivity contribution in [2.45, 2.75) is 57.3 Å². The van der Waals surface area contributed by atoms with Gasteiger partial charge in [-0.3, -0.25) is 9.52 Å². The number of hydrogen-bond donors (Lipinski definition) is 3. The van der Waals surface area contributed by atoms with Gasteiger partial charge in [-0.2, -0.15) is 0 Å². The number of carbonyl (C=O) groups is 1. The minimum Gasteiger partial charge on any atom is -0.489 e. The highest BCUT2D eigenvalue weighted by atomic mass is 32.2. The standard InChI is InChI=1S/C29H37F2N5O5S/c30-29(31)9-13-36(14-10-29)26-25-20(2-1-16-41-25)18-23(32-26)27(38)33-22-4-3-21(34-42(39,40)17-15-37)19-24(22)35-11-7-28(5-6-28)8-12-35/h3-4,18-19,34,37H,1-2,5-17H2,(H,33,38). The summed E-state index contributed by atoms with van der Waals surface area (Å²) in [6, 6.07) is 6.66. The van der Waals surface area contributed by atoms with E-state index in [0.717, 1.165) is 37.9 Å². The van der Waals surface area contributed by atoms with E-state index < -0.39 is 34.2 Å². The summed E-state index contributed by atoms with van der Waals surface area (Å²) in [7, 11) is -3.73. The second kappa shape index (κ2) is 11.1. The highest BCUT2D eigenvalue weighted by Crippen LogP contribution is 2.54. The van der Waals surface area contributed by atoms with Gasteiger partial charge in [-0.25, -0.2) is 22.2 Å². The lowest BCUT2D eigenvalue weighted by Gasteiger charge is -2.35. The van der Waals surface area contributed by atoms with E-state index in [1.165, 1.54) is 12.8 Å². The third-order valence-electron chi connectivity index (χ3n) is 8.90. The van der Waals surface area contributed by atoms with E-state index in [-0.39, 0.29) is 31.6 Å². The van der Waals surface area contributed by atoms with Gasteiger partial charge < -0.3 is 25.0 Å². The van der Waals surface area contributed by atoms with Crippen LogP contribution in [0.25, 0.3) is 0 Å². The summed E-state index contributed by atoms with van der Waals surface area (Å²) in [5.74, 6) is -2.59. The molecule has 228 valence electrons. The van der Waals surface area contributed by atoms with E-state index >= 15 is 0 Å². The van der Waals surface area contributed by atoms with Gasteiger partial charge in [0.15, 0.2) is 11.6 Å². The Bertz CT molecular complexity index is 1450. The van der Waals surface area contributed by atoms with Gasteiger partial charge in [0.05, 0.1) is 36.0 Å². The third kappa shape index (κ3) is 6.26. The van der Waals surface area contributed by atoms with Gasteiger partial charge >= 0.3 is 0 Å². The predicted octanol–water partition coefficient (Wildman–Crippen LogP) is 4.01. The van der Waals surface area contributed by atoms with Crippen molar-refractivity contribution < 1.29 is 31.8 Å². The first kappa shape index (κ1) is 28.9. The minimum atomic E-state index is -3.73. The normalized spacial score (nSPS) is 20.9. The molecule has 1 amide bonds. The van der Waals surface area contributed by atoms with Crippen LogP contribution >= 0.6 is 0 Å². The Morgan fingerprint density at radius 2 is 1.74 bits per heavy atom. The molecule has 1 saturated carbocycles. The molecule has 10 nitrogen and oxygen atoms in total. The van der Waals surface area contributed by atoms with Crippen molar-refractivity contribution in [2.75, 3.05) is 65.0 Å². The van der Waals surface area contributed by atoms with Gasteiger partial charge in [0.1, 0.15) is 5.69 Å². The zero-order chi connectivity index (χ0) is 29.5. The maximum Gasteiger partial charge on any atom is 0.274 e. The number of alkyl halides is 2. The maximum atomic E-state index is 13.9. The average molecular weight is 606 g/mol. The second-order valence-electron chi connectivity index (χ2n) is 11.9. The van der Waals surface area contributed by atoms with E-state index in [1.54, 1.807) is 29.2 Å². The van der Waals surface area contributed by atoms with Gasteiger partial charge in [0.2, 0.25) is 10.0 Å². The predicted molar refractivity (Wildman–Crippen MR) is 156 cm³/mol. The number of benzene rings is 1. The minimum absolute atomic E-state index is 0.120. The van der Waals surface area contributed by atoms with Crippen molar-refractivity contribution in [2.24, 2.45) is 5.41 Å². The SMILES string of the molecule is O=C(Nc1ccc(NS(=O)(=O)CCO)cc1N1CCC2(CC1)CC2)c1cc2c(c(N3CCC(F)(F)CC3)n1)OCCC2. The number of piperidine rings is 2. The lowest BCUT2D eigenvalue weighted by molar-refractivity contribution is -0.0222. The van der Waals surface area contributed by atoms with Crippen molar-refractivity contribution >= 4 is 38.8 Å². The molecular weight excluding hydrogens is 568 g/mol. The molecule has 0 unspecified atom stereocenters. The van der Waals surface area contributed by atoms with Crippen molar-refractivity contribution in [3.63, 3.8) is 0 Å². The molecule has 0 bridgehead atoms. The fourth-order valence-electron chi connectivity index (χ4n) is 6.13. The summed E-state index contributed by atoms with van der Waals surface area (Å²) >= 11 is 0. The molecule has 0 atom stereocenters. The molecule has 13 heteroatoms. The first-order valence-electron chi connectivity index (χ1n) is 14.7. The summed E-state index contributed by atoms with van der Waals surface area (Å²) in [6.07, 6.45) is 5.44. The van der Waals surface area contributed by atoms with Crippen LogP contribution in [0.4, 0.5) is 31.7 Å². The second-order valence-corrected chi connectivity index (χ2v) is 13.8. The molecule has 1 aromatic carbocycles. The van der Waals surface area contributed by atoms with Gasteiger partial charge in [-0.05, 0) is 68.2 Å². The lowest BCUT2D eigenvalue weighted by atomic mass is 9.93. The summed E-state index contributed by atoms with van der Waals surface area (Å²) in [4.78, 5) is 22.2. The number of sulfonamides is 1. The zero-order valence-electron chi connectivity index (χ0n) is 23.5. The highest BCUT2D eigenvalue weighted by molar-refractivity contribution is 7.92. The number of fused-ring (bicyclic) bond motifs is 1. The number of hydrogen-bond acceptors (Lipinski definition) is 8. The number of halogens is 2. The van der Waals surface area contributed by atoms with Gasteiger partial charge in [-0.15, -0.1) is 0 Å². The molecule has 6 rings (SSSR count).